The van der Waals surface area contributed by atoms with Gasteiger partial charge in [0.1, 0.15) is 5.82 Å². The minimum Gasteiger partial charge on any atom is -0.311 e. The average Bonchev–Trinajstić information content (AvgIpc) is 3.04. The molecule has 0 aromatic carbocycles. The van der Waals surface area contributed by atoms with Gasteiger partial charge in [0.05, 0.1) is 5.56 Å². The van der Waals surface area contributed by atoms with Gasteiger partial charge in [-0.15, -0.1) is 0 Å². The summed E-state index contributed by atoms with van der Waals surface area (Å²) in [6.45, 7) is 5.27. The first-order valence-corrected chi connectivity index (χ1v) is 8.98. The molecular formula is C19H20F3N5O2. The van der Waals surface area contributed by atoms with Crippen LogP contribution >= 0.6 is 0 Å². The number of carbonyl (C=O) groups is 1. The van der Waals surface area contributed by atoms with Crippen molar-refractivity contribution in [3.8, 4) is 0 Å². The van der Waals surface area contributed by atoms with Crippen molar-refractivity contribution in [2.24, 2.45) is 0 Å². The van der Waals surface area contributed by atoms with E-state index in [0.717, 1.165) is 10.1 Å². The van der Waals surface area contributed by atoms with Crippen LogP contribution in [0.25, 0.3) is 11.0 Å². The predicted octanol–water partition coefficient (Wildman–Crippen LogP) is 3.53. The molecular weight excluding hydrogens is 387 g/mol. The Morgan fingerprint density at radius 2 is 2.00 bits per heavy atom. The first-order valence-electron chi connectivity index (χ1n) is 8.98. The molecule has 3 heterocycles. The number of carbonyl (C=O) groups excluding carboxylic acids is 1. The highest BCUT2D eigenvalue weighted by Gasteiger charge is 2.35. The molecule has 10 heteroatoms. The van der Waals surface area contributed by atoms with E-state index in [1.807, 2.05) is 6.92 Å². The zero-order valence-corrected chi connectivity index (χ0v) is 16.1. The van der Waals surface area contributed by atoms with E-state index in [4.69, 9.17) is 0 Å². The van der Waals surface area contributed by atoms with Crippen LogP contribution in [0.15, 0.2) is 35.4 Å². The van der Waals surface area contributed by atoms with Crippen LogP contribution in [0.4, 0.5) is 19.0 Å². The molecule has 3 rings (SSSR count). The van der Waals surface area contributed by atoms with Crippen LogP contribution in [0.5, 0.6) is 0 Å². The van der Waals surface area contributed by atoms with Crippen LogP contribution in [0.2, 0.25) is 0 Å². The Morgan fingerprint density at radius 3 is 2.62 bits per heavy atom. The number of amides is 1. The summed E-state index contributed by atoms with van der Waals surface area (Å²) >= 11 is 0. The second-order valence-corrected chi connectivity index (χ2v) is 7.00. The number of hydrogen-bond donors (Lipinski definition) is 1. The molecule has 29 heavy (non-hydrogen) atoms. The summed E-state index contributed by atoms with van der Waals surface area (Å²) in [5.74, 6) is -0.0460. The van der Waals surface area contributed by atoms with Crippen LogP contribution in [0.1, 0.15) is 37.4 Å². The van der Waals surface area contributed by atoms with Gasteiger partial charge in [0, 0.05) is 42.9 Å². The highest BCUT2D eigenvalue weighted by molar-refractivity contribution is 5.89. The Hall–Kier alpha value is -3.17. The van der Waals surface area contributed by atoms with E-state index >= 15 is 0 Å². The third-order valence-corrected chi connectivity index (χ3v) is 4.37. The summed E-state index contributed by atoms with van der Waals surface area (Å²) in [4.78, 5) is 28.6. The first-order chi connectivity index (χ1) is 13.6. The van der Waals surface area contributed by atoms with E-state index in [1.165, 1.54) is 10.9 Å². The number of nitrogens with zero attached hydrogens (tertiary/aromatic N) is 4. The number of pyridine rings is 2. The highest BCUT2D eigenvalue weighted by Crippen LogP contribution is 2.33. The maximum absolute atomic E-state index is 13.4. The van der Waals surface area contributed by atoms with Gasteiger partial charge < -0.3 is 5.32 Å². The predicted molar refractivity (Wildman–Crippen MR) is 102 cm³/mol. The van der Waals surface area contributed by atoms with E-state index in [1.54, 1.807) is 32.2 Å². The summed E-state index contributed by atoms with van der Waals surface area (Å²) in [5.41, 5.74) is -1.08. The summed E-state index contributed by atoms with van der Waals surface area (Å²) in [7, 11) is 0. The largest absolute Gasteiger partial charge is 0.417 e. The van der Waals surface area contributed by atoms with E-state index < -0.39 is 23.2 Å². The molecule has 0 saturated heterocycles. The summed E-state index contributed by atoms with van der Waals surface area (Å²) in [6.07, 6.45) is -1.98. The number of fused-ring (bicyclic) bond motifs is 1. The van der Waals surface area contributed by atoms with E-state index in [0.29, 0.717) is 11.9 Å². The fourth-order valence-electron chi connectivity index (χ4n) is 2.89. The molecule has 0 aliphatic rings. The molecule has 7 nitrogen and oxygen atoms in total. The van der Waals surface area contributed by atoms with Crippen molar-refractivity contribution in [1.82, 2.24) is 19.3 Å². The first kappa shape index (κ1) is 20.6. The smallest absolute Gasteiger partial charge is 0.311 e. The van der Waals surface area contributed by atoms with Crippen molar-refractivity contribution < 1.29 is 18.0 Å². The molecule has 0 aliphatic carbocycles. The Morgan fingerprint density at radius 1 is 1.28 bits per heavy atom. The molecule has 154 valence electrons. The second kappa shape index (κ2) is 7.69. The molecule has 3 aromatic heterocycles. The van der Waals surface area contributed by atoms with Crippen molar-refractivity contribution in [2.45, 2.75) is 46.0 Å². The van der Waals surface area contributed by atoms with Crippen molar-refractivity contribution >= 4 is 22.8 Å². The lowest BCUT2D eigenvalue weighted by Crippen LogP contribution is -2.25. The van der Waals surface area contributed by atoms with Crippen molar-refractivity contribution in [3.05, 3.63) is 52.1 Å². The van der Waals surface area contributed by atoms with Crippen LogP contribution in [0, 0.1) is 6.92 Å². The Balaban J connectivity index is 1.92. The number of halogens is 3. The molecule has 0 unspecified atom stereocenters. The minimum absolute atomic E-state index is 0.0972. The average molecular weight is 407 g/mol. The number of rotatable bonds is 5. The molecule has 0 spiro atoms. The Kier molecular flexibility index (Phi) is 5.45. The number of alkyl halides is 3. The lowest BCUT2D eigenvalue weighted by molar-refractivity contribution is -0.136. The molecule has 0 atom stereocenters. The number of aromatic nitrogens is 4. The summed E-state index contributed by atoms with van der Waals surface area (Å²) < 4.78 is 42.6. The molecule has 0 bridgehead atoms. The lowest BCUT2D eigenvalue weighted by Gasteiger charge is -2.11. The molecule has 0 fully saturated rings. The quantitative estimate of drug-likeness (QED) is 0.702. The van der Waals surface area contributed by atoms with E-state index in [2.05, 4.69) is 15.4 Å². The SMILES string of the molecule is Cc1ccnc(NC(=O)CCn2c(=O)cc(C(F)(F)F)c3cn(C(C)C)nc32)c1. The van der Waals surface area contributed by atoms with Crippen molar-refractivity contribution in [1.29, 1.82) is 0 Å². The summed E-state index contributed by atoms with van der Waals surface area (Å²) in [6, 6.07) is 3.82. The monoisotopic (exact) mass is 407 g/mol. The van der Waals surface area contributed by atoms with Crippen LogP contribution in [0.3, 0.4) is 0 Å². The number of nitrogens with one attached hydrogen (secondary N) is 1. The lowest BCUT2D eigenvalue weighted by atomic mass is 10.2. The standard InChI is InChI=1S/C19H20F3N5O2/c1-11(2)27-10-13-14(19(20,21)22)9-17(29)26(18(13)25-27)7-5-16(28)24-15-8-12(3)4-6-23-15/h4,6,8-11H,5,7H2,1-3H3,(H,23,24,28). The van der Waals surface area contributed by atoms with Gasteiger partial charge in [-0.2, -0.15) is 18.3 Å². The highest BCUT2D eigenvalue weighted by atomic mass is 19.4. The van der Waals surface area contributed by atoms with Gasteiger partial charge >= 0.3 is 6.18 Å². The second-order valence-electron chi connectivity index (χ2n) is 7.00. The van der Waals surface area contributed by atoms with Crippen LogP contribution in [-0.2, 0) is 17.5 Å². The van der Waals surface area contributed by atoms with Crippen molar-refractivity contribution in [2.75, 3.05) is 5.32 Å². The minimum atomic E-state index is -4.68. The molecule has 1 amide bonds. The van der Waals surface area contributed by atoms with E-state index in [-0.39, 0.29) is 30.0 Å². The van der Waals surface area contributed by atoms with Gasteiger partial charge in [-0.25, -0.2) is 4.98 Å². The van der Waals surface area contributed by atoms with Crippen molar-refractivity contribution in [3.63, 3.8) is 0 Å². The maximum Gasteiger partial charge on any atom is 0.417 e. The fraction of sp³-hybridized carbons (Fsp3) is 0.368. The third-order valence-electron chi connectivity index (χ3n) is 4.37. The summed E-state index contributed by atoms with van der Waals surface area (Å²) in [5, 5.41) is 6.59. The third kappa shape index (κ3) is 4.47. The van der Waals surface area contributed by atoms with Gasteiger partial charge in [-0.3, -0.25) is 18.8 Å². The number of aryl methyl sites for hydroxylation is 2. The zero-order chi connectivity index (χ0) is 21.3. The molecule has 1 N–H and O–H groups in total. The van der Waals surface area contributed by atoms with Crippen LogP contribution in [-0.4, -0.2) is 25.2 Å². The number of anilines is 1. The Labute approximate surface area is 164 Å². The Bertz CT molecular complexity index is 1120. The van der Waals surface area contributed by atoms with Crippen LogP contribution < -0.4 is 10.9 Å². The van der Waals surface area contributed by atoms with Gasteiger partial charge in [0.2, 0.25) is 5.91 Å². The van der Waals surface area contributed by atoms with Gasteiger partial charge in [-0.05, 0) is 38.5 Å². The van der Waals surface area contributed by atoms with Gasteiger partial charge in [0.15, 0.2) is 5.65 Å². The maximum atomic E-state index is 13.4. The molecule has 0 aliphatic heterocycles. The fourth-order valence-corrected chi connectivity index (χ4v) is 2.89. The molecule has 0 radical (unpaired) electrons. The zero-order valence-electron chi connectivity index (χ0n) is 16.1. The normalized spacial score (nSPS) is 12.0. The molecule has 0 saturated carbocycles. The topological polar surface area (TPSA) is 81.8 Å². The number of hydrogen-bond acceptors (Lipinski definition) is 4. The van der Waals surface area contributed by atoms with E-state index in [9.17, 15) is 22.8 Å². The van der Waals surface area contributed by atoms with Gasteiger partial charge in [-0.1, -0.05) is 0 Å². The molecule has 3 aromatic rings. The van der Waals surface area contributed by atoms with Gasteiger partial charge in [0.25, 0.3) is 5.56 Å².